The van der Waals surface area contributed by atoms with E-state index in [1.165, 1.54) is 263 Å². The first-order valence-corrected chi connectivity index (χ1v) is 47.9. The Morgan fingerprint density at radius 2 is 0.481 bits per heavy atom. The first-order chi connectivity index (χ1) is 51.3. The molecule has 0 spiro atoms. The molecule has 0 radical (unpaired) electrons. The second kappa shape index (κ2) is 77.0. The number of ether oxygens (including phenoxy) is 4. The van der Waals surface area contributed by atoms with Gasteiger partial charge in [-0.3, -0.25) is 37.3 Å². The average molecular weight is 1550 g/mol. The molecule has 0 aromatic carbocycles. The van der Waals surface area contributed by atoms with Crippen LogP contribution in [0, 0.1) is 17.8 Å². The highest BCUT2D eigenvalue weighted by atomic mass is 31.2. The van der Waals surface area contributed by atoms with Crippen molar-refractivity contribution >= 4 is 39.5 Å². The summed E-state index contributed by atoms with van der Waals surface area (Å²) < 4.78 is 68.9. The van der Waals surface area contributed by atoms with Crippen molar-refractivity contribution < 1.29 is 80.2 Å². The third-order valence-corrected chi connectivity index (χ3v) is 22.6. The van der Waals surface area contributed by atoms with Crippen molar-refractivity contribution in [1.82, 2.24) is 0 Å². The molecule has 0 rings (SSSR count). The number of carbonyl (C=O) groups is 4. The van der Waals surface area contributed by atoms with Crippen molar-refractivity contribution in [3.63, 3.8) is 0 Å². The molecule has 0 aromatic heterocycles. The Bertz CT molecular complexity index is 2050. The standard InChI is InChI=1S/C87H170O17P2/c1-8-10-11-12-13-14-15-16-17-18-19-20-21-22-25-32-37-42-47-56-63-70-86(91)103-82(74-97-84(89)68-61-54-46-41-36-31-26-23-24-29-34-39-44-51-58-65-78(3)4)76-101-105(93,94)99-72-81(88)73-100-106(95,96)102-77-83(75-98-85(90)69-62-55-50-49-53-60-67-80(7)9-2)104-87(92)71-64-57-48-43-38-33-28-27-30-35-40-45-52-59-66-79(5)6/h78-83,88H,8-77H2,1-7H3,(H,93,94)(H,95,96)/t80?,81-,82-,83-/m1/s1. The van der Waals surface area contributed by atoms with E-state index < -0.39 is 97.5 Å². The van der Waals surface area contributed by atoms with E-state index in [0.29, 0.717) is 25.7 Å². The molecule has 0 aliphatic carbocycles. The lowest BCUT2D eigenvalue weighted by Gasteiger charge is -2.21. The number of unbranched alkanes of at least 4 members (excludes halogenated alkanes) is 52. The summed E-state index contributed by atoms with van der Waals surface area (Å²) in [7, 11) is -9.93. The fourth-order valence-corrected chi connectivity index (χ4v) is 15.1. The van der Waals surface area contributed by atoms with E-state index in [1.54, 1.807) is 0 Å². The van der Waals surface area contributed by atoms with Gasteiger partial charge in [0.2, 0.25) is 0 Å². The number of rotatable bonds is 85. The van der Waals surface area contributed by atoms with Crippen molar-refractivity contribution in [2.45, 2.75) is 478 Å². The molecule has 0 aliphatic rings. The van der Waals surface area contributed by atoms with Gasteiger partial charge in [0.15, 0.2) is 12.2 Å². The Kier molecular flexibility index (Phi) is 75.6. The van der Waals surface area contributed by atoms with Gasteiger partial charge in [0.05, 0.1) is 26.4 Å². The van der Waals surface area contributed by atoms with Gasteiger partial charge in [0.1, 0.15) is 19.3 Å². The van der Waals surface area contributed by atoms with Crippen molar-refractivity contribution in [3.05, 3.63) is 0 Å². The summed E-state index contributed by atoms with van der Waals surface area (Å²) in [5, 5.41) is 10.7. The molecule has 3 N–H and O–H groups in total. The molecule has 0 amide bonds. The summed E-state index contributed by atoms with van der Waals surface area (Å²) >= 11 is 0. The Morgan fingerprint density at radius 1 is 0.274 bits per heavy atom. The maximum Gasteiger partial charge on any atom is 0.472 e. The lowest BCUT2D eigenvalue weighted by molar-refractivity contribution is -0.161. The molecule has 0 aromatic rings. The Balaban J connectivity index is 5.23. The van der Waals surface area contributed by atoms with E-state index >= 15 is 0 Å². The van der Waals surface area contributed by atoms with Crippen LogP contribution in [0.4, 0.5) is 0 Å². The molecular weight excluding hydrogens is 1380 g/mol. The van der Waals surface area contributed by atoms with E-state index in [9.17, 15) is 43.2 Å². The SMILES string of the molecule is CCCCCCCCCCCCCCCCCCCCCCCC(=O)O[C@H](COC(=O)CCCCCCCCCCCCCCCCCC(C)C)COP(=O)(O)OC[C@@H](O)COP(=O)(O)OC[C@@H](COC(=O)CCCCCCCCC(C)CC)OC(=O)CCCCCCCCCCCCCCCCC(C)C. The van der Waals surface area contributed by atoms with E-state index in [4.69, 9.17) is 37.0 Å². The summed E-state index contributed by atoms with van der Waals surface area (Å²) in [5.74, 6) is 0.227. The second-order valence-electron chi connectivity index (χ2n) is 32.5. The number of aliphatic hydroxyl groups excluding tert-OH is 1. The maximum absolute atomic E-state index is 13.2. The topological polar surface area (TPSA) is 237 Å². The largest absolute Gasteiger partial charge is 0.472 e. The maximum atomic E-state index is 13.2. The van der Waals surface area contributed by atoms with Gasteiger partial charge in [0.25, 0.3) is 0 Å². The number of esters is 4. The first-order valence-electron chi connectivity index (χ1n) is 44.9. The highest BCUT2D eigenvalue weighted by Crippen LogP contribution is 2.45. The van der Waals surface area contributed by atoms with Crippen LogP contribution in [0.2, 0.25) is 0 Å². The molecule has 0 saturated carbocycles. The van der Waals surface area contributed by atoms with Crippen LogP contribution in [0.15, 0.2) is 0 Å². The molecule has 0 aliphatic heterocycles. The molecule has 6 atom stereocenters. The minimum atomic E-state index is -4.97. The molecule has 0 saturated heterocycles. The van der Waals surface area contributed by atoms with Gasteiger partial charge in [-0.05, 0) is 43.4 Å². The number of phosphoric acid groups is 2. The second-order valence-corrected chi connectivity index (χ2v) is 35.4. The highest BCUT2D eigenvalue weighted by Gasteiger charge is 2.31. The lowest BCUT2D eigenvalue weighted by Crippen LogP contribution is -2.30. The highest BCUT2D eigenvalue weighted by molar-refractivity contribution is 7.47. The number of carbonyl (C=O) groups excluding carboxylic acids is 4. The Morgan fingerprint density at radius 3 is 0.717 bits per heavy atom. The van der Waals surface area contributed by atoms with Gasteiger partial charge in [-0.1, -0.05) is 408 Å². The van der Waals surface area contributed by atoms with E-state index in [2.05, 4.69) is 48.5 Å². The van der Waals surface area contributed by atoms with Gasteiger partial charge in [-0.15, -0.1) is 0 Å². The molecule has 3 unspecified atom stereocenters. The zero-order valence-corrected chi connectivity index (χ0v) is 71.7. The zero-order chi connectivity index (χ0) is 77.9. The fourth-order valence-electron chi connectivity index (χ4n) is 13.5. The van der Waals surface area contributed by atoms with E-state index in [-0.39, 0.29) is 25.7 Å². The van der Waals surface area contributed by atoms with Gasteiger partial charge in [-0.25, -0.2) is 9.13 Å². The number of aliphatic hydroxyl groups is 1. The quantitative estimate of drug-likeness (QED) is 0.0222. The van der Waals surface area contributed by atoms with Crippen LogP contribution in [0.25, 0.3) is 0 Å². The molecule has 630 valence electrons. The normalized spacial score (nSPS) is 14.1. The Hall–Kier alpha value is -1.94. The molecule has 17 nitrogen and oxygen atoms in total. The molecule has 106 heavy (non-hydrogen) atoms. The third kappa shape index (κ3) is 78.7. The van der Waals surface area contributed by atoms with E-state index in [0.717, 1.165) is 114 Å². The molecule has 0 bridgehead atoms. The van der Waals surface area contributed by atoms with Crippen molar-refractivity contribution in [2.75, 3.05) is 39.6 Å². The predicted octanol–water partition coefficient (Wildman–Crippen LogP) is 26.5. The monoisotopic (exact) mass is 1550 g/mol. The van der Waals surface area contributed by atoms with Crippen LogP contribution in [-0.2, 0) is 65.4 Å². The van der Waals surface area contributed by atoms with Gasteiger partial charge < -0.3 is 33.8 Å². The van der Waals surface area contributed by atoms with Crippen LogP contribution in [0.3, 0.4) is 0 Å². The number of phosphoric ester groups is 2. The van der Waals surface area contributed by atoms with Crippen molar-refractivity contribution in [2.24, 2.45) is 17.8 Å². The van der Waals surface area contributed by atoms with Crippen molar-refractivity contribution in [1.29, 1.82) is 0 Å². The van der Waals surface area contributed by atoms with Crippen LogP contribution in [0.1, 0.15) is 459 Å². The Labute approximate surface area is 651 Å². The molecule has 0 fully saturated rings. The molecule has 19 heteroatoms. The van der Waals surface area contributed by atoms with Crippen LogP contribution in [-0.4, -0.2) is 96.7 Å². The van der Waals surface area contributed by atoms with Crippen molar-refractivity contribution in [3.8, 4) is 0 Å². The molecular formula is C87H170O17P2. The van der Waals surface area contributed by atoms with Gasteiger partial charge in [0, 0.05) is 25.7 Å². The number of hydrogen-bond donors (Lipinski definition) is 3. The summed E-state index contributed by atoms with van der Waals surface area (Å²) in [5.41, 5.74) is 0. The summed E-state index contributed by atoms with van der Waals surface area (Å²) in [4.78, 5) is 73.2. The number of hydrogen-bond acceptors (Lipinski definition) is 15. The van der Waals surface area contributed by atoms with Gasteiger partial charge >= 0.3 is 39.5 Å². The van der Waals surface area contributed by atoms with Crippen LogP contribution < -0.4 is 0 Å². The smallest absolute Gasteiger partial charge is 0.462 e. The lowest BCUT2D eigenvalue weighted by atomic mass is 10.00. The summed E-state index contributed by atoms with van der Waals surface area (Å²) in [6.07, 6.45) is 68.1. The summed E-state index contributed by atoms with van der Waals surface area (Å²) in [6.45, 7) is 12.0. The van der Waals surface area contributed by atoms with Crippen LogP contribution in [0.5, 0.6) is 0 Å². The predicted molar refractivity (Wildman–Crippen MR) is 437 cm³/mol. The van der Waals surface area contributed by atoms with E-state index in [1.807, 2.05) is 0 Å². The van der Waals surface area contributed by atoms with Gasteiger partial charge in [-0.2, -0.15) is 0 Å². The third-order valence-electron chi connectivity index (χ3n) is 20.7. The minimum absolute atomic E-state index is 0.107. The zero-order valence-electron chi connectivity index (χ0n) is 69.9. The minimum Gasteiger partial charge on any atom is -0.462 e. The van der Waals surface area contributed by atoms with Crippen LogP contribution >= 0.6 is 15.6 Å². The molecule has 0 heterocycles. The summed E-state index contributed by atoms with van der Waals surface area (Å²) in [6, 6.07) is 0. The first kappa shape index (κ1) is 104. The fraction of sp³-hybridized carbons (Fsp3) is 0.954. The average Bonchev–Trinajstić information content (AvgIpc) is 0.919.